The number of hydrogen-bond donors (Lipinski definition) is 1. The summed E-state index contributed by atoms with van der Waals surface area (Å²) >= 11 is 7.42. The van der Waals surface area contributed by atoms with Gasteiger partial charge in [0, 0.05) is 26.6 Å². The third-order valence-corrected chi connectivity index (χ3v) is 7.19. The molecule has 0 aromatic carbocycles. The Morgan fingerprint density at radius 1 is 1.25 bits per heavy atom. The SMILES string of the molecule is COCC1(n2c(NSC(C)C(OC)c3ncc(Cl)cn3)nnc2C2CCC(C)(C)O2)CC1. The molecule has 0 amide bonds. The van der Waals surface area contributed by atoms with Gasteiger partial charge in [-0.05, 0) is 58.4 Å². The standard InChI is InChI=1S/C21H31ClN6O3S/c1-13(16(30-5)17-23-10-14(22)11-24-17)32-27-19-26-25-18(15-6-7-20(2,3)31-15)28(19)21(8-9-21)12-29-4/h10-11,13,15-16H,6-9,12H2,1-5H3,(H,26,27). The number of nitrogens with one attached hydrogen (secondary N) is 1. The molecule has 1 saturated carbocycles. The summed E-state index contributed by atoms with van der Waals surface area (Å²) in [4.78, 5) is 8.62. The summed E-state index contributed by atoms with van der Waals surface area (Å²) in [5, 5.41) is 9.53. The van der Waals surface area contributed by atoms with Crippen LogP contribution in [0.4, 0.5) is 5.95 Å². The van der Waals surface area contributed by atoms with Crippen molar-refractivity contribution in [1.29, 1.82) is 0 Å². The molecule has 176 valence electrons. The zero-order valence-corrected chi connectivity index (χ0v) is 20.7. The minimum Gasteiger partial charge on any atom is -0.382 e. The zero-order valence-electron chi connectivity index (χ0n) is 19.2. The second kappa shape index (κ2) is 9.42. The van der Waals surface area contributed by atoms with Crippen LogP contribution in [0, 0.1) is 0 Å². The van der Waals surface area contributed by atoms with E-state index in [1.54, 1.807) is 26.6 Å². The van der Waals surface area contributed by atoms with E-state index in [0.29, 0.717) is 23.4 Å². The largest absolute Gasteiger partial charge is 0.382 e. The molecular weight excluding hydrogens is 452 g/mol. The van der Waals surface area contributed by atoms with Crippen molar-refractivity contribution in [1.82, 2.24) is 24.7 Å². The molecular formula is C21H31ClN6O3S. The van der Waals surface area contributed by atoms with Gasteiger partial charge in [0.1, 0.15) is 12.2 Å². The molecule has 3 atom stereocenters. The monoisotopic (exact) mass is 482 g/mol. The van der Waals surface area contributed by atoms with Crippen LogP contribution < -0.4 is 4.72 Å². The Morgan fingerprint density at radius 3 is 2.53 bits per heavy atom. The van der Waals surface area contributed by atoms with Gasteiger partial charge >= 0.3 is 0 Å². The first kappa shape index (κ1) is 23.7. The lowest BCUT2D eigenvalue weighted by atomic mass is 10.1. The fourth-order valence-electron chi connectivity index (χ4n) is 4.23. The Hall–Kier alpha value is -1.46. The van der Waals surface area contributed by atoms with Crippen LogP contribution in [-0.2, 0) is 19.7 Å². The number of anilines is 1. The summed E-state index contributed by atoms with van der Waals surface area (Å²) in [5.74, 6) is 2.15. The van der Waals surface area contributed by atoms with Gasteiger partial charge in [0.05, 0.1) is 28.0 Å². The zero-order chi connectivity index (χ0) is 22.9. The first-order valence-electron chi connectivity index (χ1n) is 10.8. The van der Waals surface area contributed by atoms with Crippen LogP contribution in [-0.4, -0.2) is 56.4 Å². The van der Waals surface area contributed by atoms with Crippen molar-refractivity contribution < 1.29 is 14.2 Å². The molecule has 1 N–H and O–H groups in total. The lowest BCUT2D eigenvalue weighted by Crippen LogP contribution is -2.28. The maximum atomic E-state index is 6.29. The van der Waals surface area contributed by atoms with Crippen molar-refractivity contribution >= 4 is 29.5 Å². The number of methoxy groups -OCH3 is 2. The summed E-state index contributed by atoms with van der Waals surface area (Å²) in [6, 6.07) is 0. The van der Waals surface area contributed by atoms with Crippen molar-refractivity contribution in [3.8, 4) is 0 Å². The van der Waals surface area contributed by atoms with Crippen molar-refractivity contribution in [2.24, 2.45) is 0 Å². The lowest BCUT2D eigenvalue weighted by Gasteiger charge is -2.25. The van der Waals surface area contributed by atoms with Crippen LogP contribution in [0.25, 0.3) is 0 Å². The van der Waals surface area contributed by atoms with Crippen LogP contribution in [0.1, 0.15) is 70.3 Å². The van der Waals surface area contributed by atoms with E-state index < -0.39 is 0 Å². The first-order chi connectivity index (χ1) is 15.3. The Kier molecular flexibility index (Phi) is 6.97. The molecule has 4 rings (SSSR count). The number of nitrogens with zero attached hydrogens (tertiary/aromatic N) is 5. The molecule has 11 heteroatoms. The maximum absolute atomic E-state index is 6.29. The number of halogens is 1. The van der Waals surface area contributed by atoms with Crippen LogP contribution in [0.5, 0.6) is 0 Å². The summed E-state index contributed by atoms with van der Waals surface area (Å²) in [5.41, 5.74) is -0.281. The van der Waals surface area contributed by atoms with Crippen LogP contribution >= 0.6 is 23.5 Å². The number of ether oxygens (including phenoxy) is 3. The first-order valence-corrected chi connectivity index (χ1v) is 12.1. The molecule has 0 radical (unpaired) electrons. The molecule has 2 fully saturated rings. The molecule has 0 bridgehead atoms. The smallest absolute Gasteiger partial charge is 0.235 e. The van der Waals surface area contributed by atoms with Crippen molar-refractivity contribution in [3.05, 3.63) is 29.1 Å². The highest BCUT2D eigenvalue weighted by atomic mass is 35.5. The minimum absolute atomic E-state index is 0.00554. The minimum atomic E-state index is -0.312. The van der Waals surface area contributed by atoms with Gasteiger partial charge in [0.25, 0.3) is 0 Å². The summed E-state index contributed by atoms with van der Waals surface area (Å²) < 4.78 is 23.1. The quantitative estimate of drug-likeness (QED) is 0.496. The molecule has 0 spiro atoms. The summed E-state index contributed by atoms with van der Waals surface area (Å²) in [6.45, 7) is 6.91. The highest BCUT2D eigenvalue weighted by Gasteiger charge is 2.50. The topological polar surface area (TPSA) is 96.2 Å². The predicted molar refractivity (Wildman–Crippen MR) is 124 cm³/mol. The number of hydrogen-bond acceptors (Lipinski definition) is 9. The Bertz CT molecular complexity index is 921. The fraction of sp³-hybridized carbons (Fsp3) is 0.714. The molecule has 2 aromatic heterocycles. The second-order valence-corrected chi connectivity index (χ2v) is 10.7. The van der Waals surface area contributed by atoms with E-state index in [2.05, 4.69) is 50.2 Å². The third-order valence-electron chi connectivity index (χ3n) is 6.07. The average Bonchev–Trinajstić information content (AvgIpc) is 3.24. The highest BCUT2D eigenvalue weighted by molar-refractivity contribution is 8.01. The van der Waals surface area contributed by atoms with E-state index >= 15 is 0 Å². The van der Waals surface area contributed by atoms with E-state index in [4.69, 9.17) is 25.8 Å². The molecule has 2 aliphatic rings. The number of rotatable bonds is 10. The fourth-order valence-corrected chi connectivity index (χ4v) is 5.11. The Morgan fingerprint density at radius 2 is 1.97 bits per heavy atom. The van der Waals surface area contributed by atoms with Gasteiger partial charge in [-0.3, -0.25) is 9.29 Å². The van der Waals surface area contributed by atoms with Crippen LogP contribution in [0.15, 0.2) is 12.4 Å². The molecule has 32 heavy (non-hydrogen) atoms. The second-order valence-electron chi connectivity index (χ2n) is 9.12. The molecule has 1 aliphatic carbocycles. The van der Waals surface area contributed by atoms with Gasteiger partial charge in [-0.2, -0.15) is 0 Å². The van der Waals surface area contributed by atoms with Crippen LogP contribution in [0.2, 0.25) is 5.02 Å². The van der Waals surface area contributed by atoms with Crippen molar-refractivity contribution in [3.63, 3.8) is 0 Å². The average molecular weight is 483 g/mol. The van der Waals surface area contributed by atoms with E-state index in [9.17, 15) is 0 Å². The predicted octanol–water partition coefficient (Wildman–Crippen LogP) is 4.32. The van der Waals surface area contributed by atoms with Crippen molar-refractivity contribution in [2.75, 3.05) is 25.5 Å². The summed E-state index contributed by atoms with van der Waals surface area (Å²) in [7, 11) is 3.38. The van der Waals surface area contributed by atoms with Gasteiger partial charge in [-0.1, -0.05) is 11.6 Å². The van der Waals surface area contributed by atoms with Gasteiger partial charge in [0.15, 0.2) is 11.6 Å². The van der Waals surface area contributed by atoms with Crippen LogP contribution in [0.3, 0.4) is 0 Å². The van der Waals surface area contributed by atoms with Gasteiger partial charge < -0.3 is 14.2 Å². The number of aromatic nitrogens is 5. The molecule has 9 nitrogen and oxygen atoms in total. The van der Waals surface area contributed by atoms with Crippen molar-refractivity contribution in [2.45, 2.75) is 75.1 Å². The normalized spacial score (nSPS) is 23.1. The Labute approximate surface area is 198 Å². The van der Waals surface area contributed by atoms with E-state index in [-0.39, 0.29) is 28.6 Å². The molecule has 1 aliphatic heterocycles. The van der Waals surface area contributed by atoms with Gasteiger partial charge in [-0.15, -0.1) is 10.2 Å². The lowest BCUT2D eigenvalue weighted by molar-refractivity contribution is -0.0229. The van der Waals surface area contributed by atoms with E-state index in [1.165, 1.54) is 11.9 Å². The molecule has 3 unspecified atom stereocenters. The third kappa shape index (κ3) is 4.89. The van der Waals surface area contributed by atoms with Gasteiger partial charge in [0.2, 0.25) is 5.95 Å². The Balaban J connectivity index is 1.54. The van der Waals surface area contributed by atoms with E-state index in [0.717, 1.165) is 31.5 Å². The summed E-state index contributed by atoms with van der Waals surface area (Å²) in [6.07, 6.45) is 6.74. The molecule has 3 heterocycles. The highest BCUT2D eigenvalue weighted by Crippen LogP contribution is 2.49. The van der Waals surface area contributed by atoms with E-state index in [1.807, 2.05) is 0 Å². The molecule has 1 saturated heterocycles. The molecule has 2 aromatic rings. The van der Waals surface area contributed by atoms with Gasteiger partial charge in [-0.25, -0.2) is 9.97 Å². The maximum Gasteiger partial charge on any atom is 0.235 e.